The average molecular weight is 503 g/mol. The molecule has 4 rings (SSSR count). The predicted molar refractivity (Wildman–Crippen MR) is 130 cm³/mol. The Kier molecular flexibility index (Phi) is 7.16. The number of ether oxygens (including phenoxy) is 1. The molecule has 0 fully saturated rings. The molecular weight excluding hydrogens is 477 g/mol. The number of hydrogen-bond acceptors (Lipinski definition) is 4. The van der Waals surface area contributed by atoms with Crippen molar-refractivity contribution in [1.29, 1.82) is 0 Å². The number of halogens is 3. The van der Waals surface area contributed by atoms with E-state index in [9.17, 15) is 23.1 Å². The fraction of sp³-hybridized carbons (Fsp3) is 0.308. The number of nitrogens with zero attached hydrogens (tertiary/aromatic N) is 2. The highest BCUT2D eigenvalue weighted by atomic mass is 32.1. The maximum atomic E-state index is 12.9. The van der Waals surface area contributed by atoms with Crippen molar-refractivity contribution < 1.29 is 27.8 Å². The van der Waals surface area contributed by atoms with E-state index in [1.54, 1.807) is 17.7 Å². The molecule has 35 heavy (non-hydrogen) atoms. The maximum Gasteiger partial charge on any atom is 0.416 e. The molecule has 0 radical (unpaired) electrons. The van der Waals surface area contributed by atoms with Crippen molar-refractivity contribution in [2.24, 2.45) is 0 Å². The SMILES string of the molecule is CCCc1sc(-c2ccc(C(F)(F)F)cc2)nc1CCOc1ccc2c(ccn2[C@H](C)C(=O)O)c1. The number of carboxylic acids is 1. The minimum atomic E-state index is -4.36. The van der Waals surface area contributed by atoms with E-state index in [-0.39, 0.29) is 0 Å². The third kappa shape index (κ3) is 5.51. The Hall–Kier alpha value is -3.33. The molecular formula is C26H25F3N2O3S. The molecule has 184 valence electrons. The van der Waals surface area contributed by atoms with E-state index in [0.29, 0.717) is 29.3 Å². The minimum Gasteiger partial charge on any atom is -0.493 e. The van der Waals surface area contributed by atoms with Gasteiger partial charge in [0.05, 0.1) is 17.9 Å². The Balaban J connectivity index is 1.46. The fourth-order valence-corrected chi connectivity index (χ4v) is 5.10. The van der Waals surface area contributed by atoms with Crippen LogP contribution in [-0.4, -0.2) is 27.2 Å². The van der Waals surface area contributed by atoms with E-state index < -0.39 is 23.8 Å². The van der Waals surface area contributed by atoms with Gasteiger partial charge in [-0.15, -0.1) is 11.3 Å². The van der Waals surface area contributed by atoms with E-state index in [4.69, 9.17) is 9.72 Å². The summed E-state index contributed by atoms with van der Waals surface area (Å²) in [6.07, 6.45) is -0.263. The molecule has 1 N–H and O–H groups in total. The summed E-state index contributed by atoms with van der Waals surface area (Å²) in [4.78, 5) is 17.1. The van der Waals surface area contributed by atoms with Crippen molar-refractivity contribution in [3.05, 3.63) is 70.9 Å². The molecule has 0 amide bonds. The van der Waals surface area contributed by atoms with Gasteiger partial charge in [0.25, 0.3) is 0 Å². The van der Waals surface area contributed by atoms with Gasteiger partial charge in [0, 0.05) is 34.0 Å². The third-order valence-electron chi connectivity index (χ3n) is 5.79. The van der Waals surface area contributed by atoms with Crippen molar-refractivity contribution in [2.75, 3.05) is 6.61 Å². The molecule has 4 aromatic rings. The lowest BCUT2D eigenvalue weighted by molar-refractivity contribution is -0.140. The average Bonchev–Trinajstić information content (AvgIpc) is 3.42. The molecule has 0 saturated heterocycles. The summed E-state index contributed by atoms with van der Waals surface area (Å²) in [6.45, 7) is 4.10. The number of alkyl halides is 3. The van der Waals surface area contributed by atoms with Gasteiger partial charge in [0.15, 0.2) is 0 Å². The largest absolute Gasteiger partial charge is 0.493 e. The molecule has 0 aliphatic rings. The van der Waals surface area contributed by atoms with Crippen LogP contribution in [0.5, 0.6) is 5.75 Å². The number of hydrogen-bond donors (Lipinski definition) is 1. The van der Waals surface area contributed by atoms with Gasteiger partial charge in [-0.1, -0.05) is 25.5 Å². The van der Waals surface area contributed by atoms with Crippen LogP contribution in [0.1, 0.15) is 42.4 Å². The molecule has 2 heterocycles. The van der Waals surface area contributed by atoms with Crippen molar-refractivity contribution in [3.63, 3.8) is 0 Å². The lowest BCUT2D eigenvalue weighted by atomic mass is 10.1. The molecule has 5 nitrogen and oxygen atoms in total. The lowest BCUT2D eigenvalue weighted by Gasteiger charge is -2.11. The smallest absolute Gasteiger partial charge is 0.416 e. The van der Waals surface area contributed by atoms with E-state index in [2.05, 4.69) is 6.92 Å². The first-order valence-corrected chi connectivity index (χ1v) is 12.1. The van der Waals surface area contributed by atoms with Gasteiger partial charge in [-0.3, -0.25) is 0 Å². The number of thiazole rings is 1. The molecule has 2 aromatic carbocycles. The topological polar surface area (TPSA) is 64.4 Å². The monoisotopic (exact) mass is 502 g/mol. The number of benzene rings is 2. The number of aliphatic carboxylic acids is 1. The van der Waals surface area contributed by atoms with E-state index in [1.165, 1.54) is 23.5 Å². The Morgan fingerprint density at radius 2 is 1.89 bits per heavy atom. The number of carbonyl (C=O) groups is 1. The van der Waals surface area contributed by atoms with Crippen molar-refractivity contribution in [3.8, 4) is 16.3 Å². The van der Waals surface area contributed by atoms with Crippen LogP contribution in [-0.2, 0) is 23.8 Å². The van der Waals surface area contributed by atoms with Gasteiger partial charge < -0.3 is 14.4 Å². The highest BCUT2D eigenvalue weighted by molar-refractivity contribution is 7.15. The Morgan fingerprint density at radius 1 is 1.14 bits per heavy atom. The number of carboxylic acid groups (broad SMARTS) is 1. The second kappa shape index (κ2) is 10.1. The summed E-state index contributed by atoms with van der Waals surface area (Å²) in [5.74, 6) is -0.224. The number of rotatable bonds is 9. The molecule has 0 aliphatic heterocycles. The zero-order chi connectivity index (χ0) is 25.2. The second-order valence-corrected chi connectivity index (χ2v) is 9.35. The van der Waals surface area contributed by atoms with Crippen LogP contribution < -0.4 is 4.74 Å². The van der Waals surface area contributed by atoms with Gasteiger partial charge in [-0.05, 0) is 49.7 Å². The summed E-state index contributed by atoms with van der Waals surface area (Å²) < 4.78 is 46.3. The molecule has 0 saturated carbocycles. The highest BCUT2D eigenvalue weighted by Crippen LogP contribution is 2.34. The predicted octanol–water partition coefficient (Wildman–Crippen LogP) is 7.00. The fourth-order valence-electron chi connectivity index (χ4n) is 3.88. The third-order valence-corrected chi connectivity index (χ3v) is 7.00. The van der Waals surface area contributed by atoms with Crippen LogP contribution in [0.15, 0.2) is 54.7 Å². The summed E-state index contributed by atoms with van der Waals surface area (Å²) in [5.41, 5.74) is 1.70. The van der Waals surface area contributed by atoms with E-state index in [1.807, 2.05) is 24.3 Å². The molecule has 0 spiro atoms. The summed E-state index contributed by atoms with van der Waals surface area (Å²) in [6, 6.07) is 11.8. The van der Waals surface area contributed by atoms with Gasteiger partial charge in [0.2, 0.25) is 0 Å². The van der Waals surface area contributed by atoms with Crippen molar-refractivity contribution >= 4 is 28.2 Å². The molecule has 9 heteroatoms. The number of aromatic nitrogens is 2. The Morgan fingerprint density at radius 3 is 2.54 bits per heavy atom. The zero-order valence-electron chi connectivity index (χ0n) is 19.3. The molecule has 0 aliphatic carbocycles. The maximum absolute atomic E-state index is 12.9. The van der Waals surface area contributed by atoms with Crippen LogP contribution in [0.25, 0.3) is 21.5 Å². The van der Waals surface area contributed by atoms with Crippen LogP contribution in [0.3, 0.4) is 0 Å². The molecule has 2 aromatic heterocycles. The normalized spacial score (nSPS) is 12.7. The summed E-state index contributed by atoms with van der Waals surface area (Å²) >= 11 is 1.51. The van der Waals surface area contributed by atoms with Crippen LogP contribution in [0.2, 0.25) is 0 Å². The van der Waals surface area contributed by atoms with Gasteiger partial charge in [-0.2, -0.15) is 13.2 Å². The Bertz CT molecular complexity index is 1330. The van der Waals surface area contributed by atoms with Crippen LogP contribution in [0.4, 0.5) is 13.2 Å². The van der Waals surface area contributed by atoms with Gasteiger partial charge in [0.1, 0.15) is 16.8 Å². The summed E-state index contributed by atoms with van der Waals surface area (Å²) in [5, 5.41) is 10.9. The summed E-state index contributed by atoms with van der Waals surface area (Å²) in [7, 11) is 0. The first kappa shape index (κ1) is 24.8. The standard InChI is InChI=1S/C26H25F3N2O3S/c1-3-4-23-21(30-24(35-23)17-5-7-19(8-6-17)26(27,28)29)12-14-34-20-9-10-22-18(15-20)11-13-31(22)16(2)25(32)33/h5-11,13,15-16H,3-4,12,14H2,1-2H3,(H,32,33)/t16-/m1/s1. The second-order valence-electron chi connectivity index (χ2n) is 8.27. The number of fused-ring (bicyclic) bond motifs is 1. The lowest BCUT2D eigenvalue weighted by Crippen LogP contribution is -2.14. The first-order chi connectivity index (χ1) is 16.7. The number of aryl methyl sites for hydroxylation is 1. The highest BCUT2D eigenvalue weighted by Gasteiger charge is 2.30. The van der Waals surface area contributed by atoms with Gasteiger partial charge >= 0.3 is 12.1 Å². The molecule has 0 unspecified atom stereocenters. The molecule has 1 atom stereocenters. The van der Waals surface area contributed by atoms with E-state index in [0.717, 1.165) is 46.4 Å². The minimum absolute atomic E-state index is 0.393. The van der Waals surface area contributed by atoms with Crippen molar-refractivity contribution in [2.45, 2.75) is 45.3 Å². The van der Waals surface area contributed by atoms with E-state index >= 15 is 0 Å². The van der Waals surface area contributed by atoms with Gasteiger partial charge in [-0.25, -0.2) is 9.78 Å². The zero-order valence-corrected chi connectivity index (χ0v) is 20.1. The molecule has 0 bridgehead atoms. The van der Waals surface area contributed by atoms with Crippen LogP contribution >= 0.6 is 11.3 Å². The Labute approximate surface area is 204 Å². The van der Waals surface area contributed by atoms with Crippen molar-refractivity contribution in [1.82, 2.24) is 9.55 Å². The first-order valence-electron chi connectivity index (χ1n) is 11.3. The van der Waals surface area contributed by atoms with Crippen LogP contribution in [0, 0.1) is 0 Å². The quantitative estimate of drug-likeness (QED) is 0.268.